The van der Waals surface area contributed by atoms with Gasteiger partial charge in [-0.1, -0.05) is 31.2 Å². The average molecular weight is 443 g/mol. The summed E-state index contributed by atoms with van der Waals surface area (Å²) in [5, 5.41) is 0. The van der Waals surface area contributed by atoms with E-state index in [1.807, 2.05) is 31.2 Å². The van der Waals surface area contributed by atoms with Gasteiger partial charge in [0.15, 0.2) is 5.69 Å². The van der Waals surface area contributed by atoms with Gasteiger partial charge in [-0.3, -0.25) is 0 Å². The number of hydrogen-bond acceptors (Lipinski definition) is 1. The largest absolute Gasteiger partial charge is 0.374 e. The van der Waals surface area contributed by atoms with Gasteiger partial charge in [0.2, 0.25) is 0 Å². The van der Waals surface area contributed by atoms with Crippen molar-refractivity contribution in [1.82, 2.24) is 0 Å². The molecular weight excluding hydrogens is 428 g/mol. The van der Waals surface area contributed by atoms with E-state index >= 15 is 0 Å². The molecule has 1 aromatic rings. The third kappa shape index (κ3) is 6.01. The van der Waals surface area contributed by atoms with Crippen LogP contribution in [0.25, 0.3) is 4.85 Å². The highest BCUT2D eigenvalue weighted by Gasteiger charge is 2.04. The molecule has 0 aliphatic rings. The van der Waals surface area contributed by atoms with Crippen LogP contribution in [0.2, 0.25) is 0 Å². The van der Waals surface area contributed by atoms with E-state index in [2.05, 4.69) is 49.0 Å². The fourth-order valence-corrected chi connectivity index (χ4v) is 1.21. The Morgan fingerprint density at radius 1 is 1.31 bits per heavy atom. The lowest BCUT2D eigenvalue weighted by Gasteiger charge is -2.12. The molecule has 0 saturated heterocycles. The Morgan fingerprint density at radius 2 is 1.88 bits per heavy atom. The van der Waals surface area contributed by atoms with Crippen LogP contribution in [-0.4, -0.2) is 6.61 Å². The maximum atomic E-state index is 6.83. The van der Waals surface area contributed by atoms with Gasteiger partial charge < -0.3 is 4.74 Å². The third-order valence-electron chi connectivity index (χ3n) is 2.06. The van der Waals surface area contributed by atoms with E-state index in [4.69, 9.17) is 11.3 Å². The topological polar surface area (TPSA) is 13.6 Å². The van der Waals surface area contributed by atoms with Crippen LogP contribution in [0.5, 0.6) is 0 Å². The van der Waals surface area contributed by atoms with Gasteiger partial charge in [-0.25, -0.2) is 4.85 Å². The van der Waals surface area contributed by atoms with Crippen LogP contribution in [-0.2, 0) is 4.74 Å². The molecule has 0 aliphatic carbocycles. The van der Waals surface area contributed by atoms with Gasteiger partial charge in [0.25, 0.3) is 0 Å². The zero-order valence-corrected chi connectivity index (χ0v) is 13.7. The van der Waals surface area contributed by atoms with Crippen molar-refractivity contribution in [1.29, 1.82) is 0 Å². The van der Waals surface area contributed by atoms with Gasteiger partial charge in [-0.05, 0) is 18.9 Å². The fraction of sp³-hybridized carbons (Fsp3) is 0.417. The van der Waals surface area contributed by atoms with Crippen molar-refractivity contribution in [3.05, 3.63) is 41.2 Å². The Bertz CT molecular complexity index is 319. The van der Waals surface area contributed by atoms with Crippen molar-refractivity contribution in [3.63, 3.8) is 0 Å². The van der Waals surface area contributed by atoms with Crippen LogP contribution in [0.4, 0.5) is 5.69 Å². The Balaban J connectivity index is 0.00000106. The van der Waals surface area contributed by atoms with Crippen LogP contribution >= 0.6 is 37.2 Å². The van der Waals surface area contributed by atoms with E-state index in [0.29, 0.717) is 5.69 Å². The summed E-state index contributed by atoms with van der Waals surface area (Å²) < 4.78 is 5.57. The zero-order chi connectivity index (χ0) is 12.4. The number of ether oxygens (including phenoxy) is 1. The molecule has 0 aliphatic heterocycles. The van der Waals surface area contributed by atoms with Gasteiger partial charge in [-0.2, -0.15) is 0 Å². The molecule has 0 saturated carbocycles. The molecule has 1 aromatic carbocycles. The molecule has 0 aromatic heterocycles. The molecule has 2 nitrogen and oxygen atoms in total. The van der Waals surface area contributed by atoms with E-state index in [9.17, 15) is 0 Å². The molecule has 0 bridgehead atoms. The highest BCUT2D eigenvalue weighted by atomic mass is 128. The van der Waals surface area contributed by atoms with E-state index in [1.165, 1.54) is 0 Å². The van der Waals surface area contributed by atoms with Crippen LogP contribution in [0.15, 0.2) is 24.3 Å². The van der Waals surface area contributed by atoms with Crippen molar-refractivity contribution in [3.8, 4) is 0 Å². The maximum absolute atomic E-state index is 6.83. The summed E-state index contributed by atoms with van der Waals surface area (Å²) in [6.45, 7) is 11.7. The van der Waals surface area contributed by atoms with E-state index < -0.39 is 0 Å². The lowest BCUT2D eigenvalue weighted by atomic mass is 10.1. The molecule has 88 valence electrons. The van der Waals surface area contributed by atoms with Crippen molar-refractivity contribution in [2.45, 2.75) is 26.4 Å². The summed E-state index contributed by atoms with van der Waals surface area (Å²) >= 11 is 4.24. The van der Waals surface area contributed by atoms with Crippen LogP contribution < -0.4 is 0 Å². The highest BCUT2D eigenvalue weighted by Crippen LogP contribution is 2.20. The average Bonchev–Trinajstić information content (AvgIpc) is 2.38. The third-order valence-corrected chi connectivity index (χ3v) is 2.06. The number of halogens is 2. The highest BCUT2D eigenvalue weighted by molar-refractivity contribution is 15.0. The lowest BCUT2D eigenvalue weighted by molar-refractivity contribution is 0.0663. The summed E-state index contributed by atoms with van der Waals surface area (Å²) in [7, 11) is 0. The predicted octanol–water partition coefficient (Wildman–Crippen LogP) is 5.50. The Kier molecular flexibility index (Phi) is 10.4. The van der Waals surface area contributed by atoms with Gasteiger partial charge >= 0.3 is 0 Å². The molecule has 0 heterocycles. The minimum Gasteiger partial charge on any atom is -0.374 e. The first-order valence-corrected chi connectivity index (χ1v) is 11.3. The molecule has 0 radical (unpaired) electrons. The number of nitrogens with zero attached hydrogens (tertiary/aromatic N) is 1. The molecule has 0 N–H and O–H groups in total. The molecule has 1 rings (SSSR count). The van der Waals surface area contributed by atoms with E-state index in [1.54, 1.807) is 0 Å². The second-order valence-electron chi connectivity index (χ2n) is 3.22. The van der Waals surface area contributed by atoms with Gasteiger partial charge in [0, 0.05) is 43.8 Å². The van der Waals surface area contributed by atoms with Crippen molar-refractivity contribution in [2.75, 3.05) is 6.61 Å². The van der Waals surface area contributed by atoms with Crippen molar-refractivity contribution in [2.24, 2.45) is 0 Å². The molecule has 0 spiro atoms. The normalized spacial score (nSPS) is 10.9. The first-order chi connectivity index (χ1) is 7.77. The summed E-state index contributed by atoms with van der Waals surface area (Å²) in [6.07, 6.45) is 1.15. The minimum absolute atomic E-state index is 0.120. The Hall–Kier alpha value is 0.130. The summed E-state index contributed by atoms with van der Waals surface area (Å²) in [4.78, 5) is 3.34. The number of benzene rings is 1. The van der Waals surface area contributed by atoms with Gasteiger partial charge in [-0.15, -0.1) is 0 Å². The van der Waals surface area contributed by atoms with Crippen molar-refractivity contribution >= 4 is 42.9 Å². The lowest BCUT2D eigenvalue weighted by Crippen LogP contribution is -2.00. The first-order valence-electron chi connectivity index (χ1n) is 5.01. The molecule has 1 unspecified atom stereocenters. The van der Waals surface area contributed by atoms with Gasteiger partial charge in [0.1, 0.15) is 0 Å². The number of hydrogen-bond donors (Lipinski definition) is 0. The molecule has 4 heteroatoms. The summed E-state index contributed by atoms with van der Waals surface area (Å²) in [5.41, 5.74) is 1.81. The smallest absolute Gasteiger partial charge is 0.187 e. The zero-order valence-electron chi connectivity index (χ0n) is 9.41. The number of rotatable bonds is 4. The Labute approximate surface area is 121 Å². The molecule has 0 amide bonds. The second-order valence-corrected chi connectivity index (χ2v) is 3.22. The summed E-state index contributed by atoms with van der Waals surface area (Å²) in [5.74, 6) is 0. The molecule has 0 fully saturated rings. The standard InChI is InChI=1S/C12H15NO.I2/c1-4-9-14-10(2)11-5-7-12(13-3)8-6-11;1-2/h5-8,10H,4,9H2,1-2H3;. The molecular formula is C12H15I2NO. The van der Waals surface area contributed by atoms with Gasteiger partial charge in [0.05, 0.1) is 12.7 Å². The quantitative estimate of drug-likeness (QED) is 0.443. The minimum atomic E-state index is 0.120. The maximum Gasteiger partial charge on any atom is 0.187 e. The van der Waals surface area contributed by atoms with Crippen LogP contribution in [0, 0.1) is 6.57 Å². The SMILES string of the molecule is II.[C-]#[N+]c1ccc(C(C)OCCC)cc1. The predicted molar refractivity (Wildman–Crippen MR) is 85.4 cm³/mol. The first kappa shape index (κ1) is 16.1. The van der Waals surface area contributed by atoms with Crippen LogP contribution in [0.3, 0.4) is 0 Å². The Morgan fingerprint density at radius 3 is 2.31 bits per heavy atom. The fourth-order valence-electron chi connectivity index (χ4n) is 1.21. The molecule has 1 atom stereocenters. The van der Waals surface area contributed by atoms with E-state index in [0.717, 1.165) is 18.6 Å². The monoisotopic (exact) mass is 443 g/mol. The second kappa shape index (κ2) is 10.3. The van der Waals surface area contributed by atoms with E-state index in [-0.39, 0.29) is 6.10 Å². The molecule has 16 heavy (non-hydrogen) atoms. The van der Waals surface area contributed by atoms with Crippen molar-refractivity contribution < 1.29 is 4.74 Å². The summed E-state index contributed by atoms with van der Waals surface area (Å²) in [6, 6.07) is 7.56. The van der Waals surface area contributed by atoms with Crippen LogP contribution in [0.1, 0.15) is 31.9 Å².